The van der Waals surface area contributed by atoms with E-state index in [9.17, 15) is 9.59 Å². The summed E-state index contributed by atoms with van der Waals surface area (Å²) in [4.78, 5) is 21.4. The van der Waals surface area contributed by atoms with Crippen LogP contribution in [0.1, 0.15) is 23.6 Å². The van der Waals surface area contributed by atoms with E-state index in [1.165, 1.54) is 0 Å². The Morgan fingerprint density at radius 3 is 2.12 bits per heavy atom. The highest BCUT2D eigenvalue weighted by Gasteiger charge is 2.12. The number of benzene rings is 1. The van der Waals surface area contributed by atoms with E-state index < -0.39 is 11.9 Å². The van der Waals surface area contributed by atoms with Gasteiger partial charge >= 0.3 is 11.9 Å². The standard InChI is InChI=1S/C12H14O4/c1-2-8-4-3-5-9(6-11(13)14)10(8)7-12(15)16/h3-5H,2,6-7H2,1H3,(H,13,14)(H,15,16). The molecule has 1 rings (SSSR count). The molecule has 0 spiro atoms. The average molecular weight is 222 g/mol. The second-order valence-electron chi connectivity index (χ2n) is 3.55. The fourth-order valence-electron chi connectivity index (χ4n) is 1.73. The largest absolute Gasteiger partial charge is 0.481 e. The summed E-state index contributed by atoms with van der Waals surface area (Å²) in [5.74, 6) is -1.88. The van der Waals surface area contributed by atoms with Crippen molar-refractivity contribution in [2.24, 2.45) is 0 Å². The van der Waals surface area contributed by atoms with Crippen LogP contribution in [0.4, 0.5) is 0 Å². The van der Waals surface area contributed by atoms with Crippen LogP contribution in [0.15, 0.2) is 18.2 Å². The number of hydrogen-bond acceptors (Lipinski definition) is 2. The summed E-state index contributed by atoms with van der Waals surface area (Å²) in [6, 6.07) is 5.28. The van der Waals surface area contributed by atoms with Crippen LogP contribution in [-0.2, 0) is 28.9 Å². The summed E-state index contributed by atoms with van der Waals surface area (Å²) in [5, 5.41) is 17.5. The van der Waals surface area contributed by atoms with Gasteiger partial charge in [0.15, 0.2) is 0 Å². The van der Waals surface area contributed by atoms with Crippen molar-refractivity contribution in [1.82, 2.24) is 0 Å². The zero-order chi connectivity index (χ0) is 12.1. The van der Waals surface area contributed by atoms with Gasteiger partial charge in [0.25, 0.3) is 0 Å². The Morgan fingerprint density at radius 1 is 1.06 bits per heavy atom. The smallest absolute Gasteiger partial charge is 0.307 e. The number of carboxylic acid groups (broad SMARTS) is 2. The zero-order valence-corrected chi connectivity index (χ0v) is 9.06. The van der Waals surface area contributed by atoms with Crippen molar-refractivity contribution < 1.29 is 19.8 Å². The lowest BCUT2D eigenvalue weighted by Crippen LogP contribution is -2.10. The van der Waals surface area contributed by atoms with Gasteiger partial charge in [-0.2, -0.15) is 0 Å². The van der Waals surface area contributed by atoms with Crippen LogP contribution in [0.25, 0.3) is 0 Å². The molecule has 16 heavy (non-hydrogen) atoms. The molecule has 2 N–H and O–H groups in total. The van der Waals surface area contributed by atoms with Crippen molar-refractivity contribution in [2.45, 2.75) is 26.2 Å². The van der Waals surface area contributed by atoms with Crippen molar-refractivity contribution >= 4 is 11.9 Å². The van der Waals surface area contributed by atoms with E-state index in [-0.39, 0.29) is 12.8 Å². The molecule has 0 fully saturated rings. The van der Waals surface area contributed by atoms with Crippen LogP contribution in [-0.4, -0.2) is 22.2 Å². The summed E-state index contributed by atoms with van der Waals surface area (Å²) in [6.45, 7) is 1.92. The van der Waals surface area contributed by atoms with E-state index in [0.717, 1.165) is 5.56 Å². The topological polar surface area (TPSA) is 74.6 Å². The molecule has 0 saturated heterocycles. The Morgan fingerprint density at radius 2 is 1.62 bits per heavy atom. The number of hydrogen-bond donors (Lipinski definition) is 2. The molecule has 0 radical (unpaired) electrons. The molecule has 4 nitrogen and oxygen atoms in total. The lowest BCUT2D eigenvalue weighted by Gasteiger charge is -2.10. The second kappa shape index (κ2) is 5.30. The van der Waals surface area contributed by atoms with Gasteiger partial charge in [0, 0.05) is 0 Å². The first-order valence-corrected chi connectivity index (χ1v) is 5.07. The van der Waals surface area contributed by atoms with Gasteiger partial charge in [-0.05, 0) is 23.1 Å². The van der Waals surface area contributed by atoms with E-state index in [0.29, 0.717) is 17.5 Å². The molecule has 0 heterocycles. The number of carboxylic acids is 2. The Bertz CT molecular complexity index is 409. The van der Waals surface area contributed by atoms with Crippen LogP contribution >= 0.6 is 0 Å². The van der Waals surface area contributed by atoms with E-state index in [1.807, 2.05) is 13.0 Å². The number of carbonyl (C=O) groups is 2. The van der Waals surface area contributed by atoms with Gasteiger partial charge in [0.1, 0.15) is 0 Å². The maximum atomic E-state index is 10.7. The lowest BCUT2D eigenvalue weighted by molar-refractivity contribution is -0.137. The first-order chi connectivity index (χ1) is 7.54. The fourth-order valence-corrected chi connectivity index (χ4v) is 1.73. The first kappa shape index (κ1) is 12.2. The van der Waals surface area contributed by atoms with Crippen molar-refractivity contribution in [2.75, 3.05) is 0 Å². The molecule has 0 amide bonds. The van der Waals surface area contributed by atoms with Crippen molar-refractivity contribution in [3.8, 4) is 0 Å². The summed E-state index contributed by atoms with van der Waals surface area (Å²) < 4.78 is 0. The zero-order valence-electron chi connectivity index (χ0n) is 9.06. The van der Waals surface area contributed by atoms with Crippen LogP contribution in [0.5, 0.6) is 0 Å². The van der Waals surface area contributed by atoms with Gasteiger partial charge in [-0.1, -0.05) is 25.1 Å². The summed E-state index contributed by atoms with van der Waals surface area (Å²) in [5.41, 5.74) is 2.13. The van der Waals surface area contributed by atoms with Crippen LogP contribution in [0.3, 0.4) is 0 Å². The summed E-state index contributed by atoms with van der Waals surface area (Å²) in [7, 11) is 0. The van der Waals surface area contributed by atoms with E-state index in [4.69, 9.17) is 10.2 Å². The summed E-state index contributed by atoms with van der Waals surface area (Å²) >= 11 is 0. The molecule has 0 aromatic heterocycles. The van der Waals surface area contributed by atoms with E-state index >= 15 is 0 Å². The van der Waals surface area contributed by atoms with Crippen LogP contribution < -0.4 is 0 Å². The van der Waals surface area contributed by atoms with Gasteiger partial charge in [-0.15, -0.1) is 0 Å². The molecule has 86 valence electrons. The van der Waals surface area contributed by atoms with Gasteiger partial charge in [-0.3, -0.25) is 9.59 Å². The first-order valence-electron chi connectivity index (χ1n) is 5.07. The number of aliphatic carboxylic acids is 2. The Balaban J connectivity index is 3.14. The minimum atomic E-state index is -0.945. The van der Waals surface area contributed by atoms with Crippen molar-refractivity contribution in [3.63, 3.8) is 0 Å². The monoisotopic (exact) mass is 222 g/mol. The second-order valence-corrected chi connectivity index (χ2v) is 3.55. The average Bonchev–Trinajstić information content (AvgIpc) is 2.19. The Hall–Kier alpha value is -1.84. The molecule has 0 aliphatic rings. The molecular formula is C12H14O4. The molecule has 1 aromatic carbocycles. The molecule has 0 bridgehead atoms. The maximum Gasteiger partial charge on any atom is 0.307 e. The number of aryl methyl sites for hydroxylation is 1. The SMILES string of the molecule is CCc1cccc(CC(=O)O)c1CC(=O)O. The minimum Gasteiger partial charge on any atom is -0.481 e. The molecule has 0 unspecified atom stereocenters. The molecule has 4 heteroatoms. The van der Waals surface area contributed by atoms with Crippen molar-refractivity contribution in [3.05, 3.63) is 34.9 Å². The van der Waals surface area contributed by atoms with Gasteiger partial charge in [0.05, 0.1) is 12.8 Å². The summed E-state index contributed by atoms with van der Waals surface area (Å²) in [6.07, 6.45) is 0.457. The quantitative estimate of drug-likeness (QED) is 0.791. The van der Waals surface area contributed by atoms with Gasteiger partial charge in [0.2, 0.25) is 0 Å². The third kappa shape index (κ3) is 3.08. The molecular weight excluding hydrogens is 208 g/mol. The Labute approximate surface area is 93.5 Å². The van der Waals surface area contributed by atoms with E-state index in [2.05, 4.69) is 0 Å². The highest BCUT2D eigenvalue weighted by Crippen LogP contribution is 2.17. The Kier molecular flexibility index (Phi) is 4.05. The third-order valence-corrected chi connectivity index (χ3v) is 2.42. The molecule has 1 aromatic rings. The van der Waals surface area contributed by atoms with Crippen LogP contribution in [0.2, 0.25) is 0 Å². The predicted molar refractivity (Wildman–Crippen MR) is 58.5 cm³/mol. The number of rotatable bonds is 5. The molecule has 0 aliphatic heterocycles. The molecule has 0 atom stereocenters. The normalized spacial score (nSPS) is 10.1. The highest BCUT2D eigenvalue weighted by molar-refractivity contribution is 5.75. The molecule has 0 saturated carbocycles. The molecule has 0 aliphatic carbocycles. The van der Waals surface area contributed by atoms with Crippen LogP contribution in [0, 0.1) is 0 Å². The highest BCUT2D eigenvalue weighted by atomic mass is 16.4. The van der Waals surface area contributed by atoms with Crippen molar-refractivity contribution in [1.29, 1.82) is 0 Å². The fraction of sp³-hybridized carbons (Fsp3) is 0.333. The maximum absolute atomic E-state index is 10.7. The minimum absolute atomic E-state index is 0.118. The predicted octanol–water partition coefficient (Wildman–Crippen LogP) is 1.50. The van der Waals surface area contributed by atoms with E-state index in [1.54, 1.807) is 12.1 Å². The van der Waals surface area contributed by atoms with Gasteiger partial charge in [-0.25, -0.2) is 0 Å². The lowest BCUT2D eigenvalue weighted by atomic mass is 9.95. The third-order valence-electron chi connectivity index (χ3n) is 2.42. The van der Waals surface area contributed by atoms with Gasteiger partial charge < -0.3 is 10.2 Å².